The van der Waals surface area contributed by atoms with Crippen LogP contribution in [0.4, 0.5) is 0 Å². The van der Waals surface area contributed by atoms with Gasteiger partial charge in [-0.05, 0) is 44.9 Å². The summed E-state index contributed by atoms with van der Waals surface area (Å²) in [4.78, 5) is 6.72. The lowest BCUT2D eigenvalue weighted by molar-refractivity contribution is 0.247. The molecule has 0 bridgehead atoms. The number of aliphatic imine (C=N–C) groups is 1. The summed E-state index contributed by atoms with van der Waals surface area (Å²) >= 11 is 6.17. The van der Waals surface area contributed by atoms with Gasteiger partial charge in [-0.1, -0.05) is 29.8 Å². The highest BCUT2D eigenvalue weighted by molar-refractivity contribution is 14.0. The van der Waals surface area contributed by atoms with E-state index < -0.39 is 0 Å². The Bertz CT molecular complexity index is 505. The smallest absolute Gasteiger partial charge is 0.191 e. The van der Waals surface area contributed by atoms with Gasteiger partial charge in [-0.3, -0.25) is 9.89 Å². The number of nitrogens with one attached hydrogen (secondary N) is 2. The Kier molecular flexibility index (Phi) is 9.24. The number of halogens is 2. The van der Waals surface area contributed by atoms with Crippen LogP contribution in [0.3, 0.4) is 0 Å². The van der Waals surface area contributed by atoms with E-state index in [1.54, 1.807) is 7.05 Å². The molecule has 0 aliphatic heterocycles. The first-order chi connectivity index (χ1) is 10.6. The second kappa shape index (κ2) is 10.4. The van der Waals surface area contributed by atoms with Gasteiger partial charge >= 0.3 is 0 Å². The number of hydrogen-bond acceptors (Lipinski definition) is 2. The molecule has 1 atom stereocenters. The van der Waals surface area contributed by atoms with Crippen LogP contribution >= 0.6 is 35.6 Å². The van der Waals surface area contributed by atoms with Crippen molar-refractivity contribution < 1.29 is 0 Å². The van der Waals surface area contributed by atoms with E-state index in [4.69, 9.17) is 11.6 Å². The van der Waals surface area contributed by atoms with Crippen LogP contribution in [0.15, 0.2) is 29.3 Å². The first kappa shape index (κ1) is 20.5. The maximum Gasteiger partial charge on any atom is 0.191 e. The van der Waals surface area contributed by atoms with Crippen LogP contribution in [0.2, 0.25) is 5.02 Å². The molecule has 1 fully saturated rings. The Morgan fingerprint density at radius 3 is 2.65 bits per heavy atom. The average Bonchev–Trinajstić information content (AvgIpc) is 3.36. The molecule has 1 aromatic carbocycles. The standard InChI is InChI=1S/C17H27ClN4.HI/c1-13(22(3)15-8-9-15)12-21-17(19-2)20-11-10-14-6-4-5-7-16(14)18;/h4-7,13,15H,8-12H2,1-3H3,(H2,19,20,21);1H. The molecule has 4 nitrogen and oxygen atoms in total. The van der Waals surface area contributed by atoms with Crippen LogP contribution in [0.25, 0.3) is 0 Å². The Hall–Kier alpha value is -0.530. The van der Waals surface area contributed by atoms with E-state index in [9.17, 15) is 0 Å². The molecule has 2 rings (SSSR count). The van der Waals surface area contributed by atoms with Crippen molar-refractivity contribution in [3.8, 4) is 0 Å². The summed E-state index contributed by atoms with van der Waals surface area (Å²) in [6, 6.07) is 9.26. The summed E-state index contributed by atoms with van der Waals surface area (Å²) in [6.45, 7) is 3.97. The van der Waals surface area contributed by atoms with Crippen molar-refractivity contribution in [1.82, 2.24) is 15.5 Å². The minimum Gasteiger partial charge on any atom is -0.356 e. The molecule has 1 unspecified atom stereocenters. The van der Waals surface area contributed by atoms with Crippen molar-refractivity contribution in [3.63, 3.8) is 0 Å². The van der Waals surface area contributed by atoms with Crippen LogP contribution in [0.5, 0.6) is 0 Å². The lowest BCUT2D eigenvalue weighted by atomic mass is 10.1. The van der Waals surface area contributed by atoms with Crippen LogP contribution < -0.4 is 10.6 Å². The lowest BCUT2D eigenvalue weighted by Gasteiger charge is -2.25. The van der Waals surface area contributed by atoms with Crippen LogP contribution in [-0.2, 0) is 6.42 Å². The van der Waals surface area contributed by atoms with Gasteiger partial charge in [0, 0.05) is 37.2 Å². The molecule has 0 radical (unpaired) electrons. The number of likely N-dealkylation sites (N-methyl/N-ethyl adjacent to an activating group) is 1. The molecule has 23 heavy (non-hydrogen) atoms. The fourth-order valence-corrected chi connectivity index (χ4v) is 2.70. The fraction of sp³-hybridized carbons (Fsp3) is 0.588. The zero-order valence-corrected chi connectivity index (χ0v) is 17.3. The topological polar surface area (TPSA) is 39.7 Å². The Morgan fingerprint density at radius 2 is 2.04 bits per heavy atom. The summed E-state index contributed by atoms with van der Waals surface area (Å²) < 4.78 is 0. The van der Waals surface area contributed by atoms with Gasteiger partial charge in [-0.15, -0.1) is 24.0 Å². The van der Waals surface area contributed by atoms with Crippen molar-refractivity contribution in [3.05, 3.63) is 34.9 Å². The molecule has 0 aromatic heterocycles. The quantitative estimate of drug-likeness (QED) is 0.381. The monoisotopic (exact) mass is 450 g/mol. The lowest BCUT2D eigenvalue weighted by Crippen LogP contribution is -2.45. The number of nitrogens with zero attached hydrogens (tertiary/aromatic N) is 2. The van der Waals surface area contributed by atoms with Crippen molar-refractivity contribution >= 4 is 41.5 Å². The predicted molar refractivity (Wildman–Crippen MR) is 110 cm³/mol. The molecule has 0 saturated heterocycles. The van der Waals surface area contributed by atoms with E-state index in [-0.39, 0.29) is 24.0 Å². The molecule has 2 N–H and O–H groups in total. The molecule has 6 heteroatoms. The Balaban J connectivity index is 0.00000264. The van der Waals surface area contributed by atoms with Gasteiger partial charge in [0.25, 0.3) is 0 Å². The Morgan fingerprint density at radius 1 is 1.35 bits per heavy atom. The molecule has 0 heterocycles. The number of rotatable bonds is 7. The highest BCUT2D eigenvalue weighted by Crippen LogP contribution is 2.26. The second-order valence-corrected chi connectivity index (χ2v) is 6.37. The summed E-state index contributed by atoms with van der Waals surface area (Å²) in [6.07, 6.45) is 3.56. The molecular formula is C17H28ClIN4. The van der Waals surface area contributed by atoms with Crippen molar-refractivity contribution in [2.24, 2.45) is 4.99 Å². The largest absolute Gasteiger partial charge is 0.356 e. The number of guanidine groups is 1. The first-order valence-electron chi connectivity index (χ1n) is 8.01. The van der Waals surface area contributed by atoms with Crippen molar-refractivity contribution in [1.29, 1.82) is 0 Å². The molecule has 1 aromatic rings. The molecular weight excluding hydrogens is 423 g/mol. The van der Waals surface area contributed by atoms with E-state index >= 15 is 0 Å². The molecule has 1 aliphatic carbocycles. The maximum atomic E-state index is 6.17. The molecule has 1 saturated carbocycles. The normalized spacial score (nSPS) is 16.0. The van der Waals surface area contributed by atoms with Crippen molar-refractivity contribution in [2.45, 2.75) is 38.3 Å². The van der Waals surface area contributed by atoms with E-state index in [0.717, 1.165) is 42.1 Å². The first-order valence-corrected chi connectivity index (χ1v) is 8.39. The third-order valence-corrected chi connectivity index (χ3v) is 4.62. The SMILES string of the molecule is CN=C(NCCc1ccccc1Cl)NCC(C)N(C)C1CC1.I. The van der Waals surface area contributed by atoms with E-state index in [1.165, 1.54) is 12.8 Å². The van der Waals surface area contributed by atoms with Crippen LogP contribution in [0.1, 0.15) is 25.3 Å². The fourth-order valence-electron chi connectivity index (χ4n) is 2.47. The second-order valence-electron chi connectivity index (χ2n) is 5.97. The minimum atomic E-state index is 0. The minimum absolute atomic E-state index is 0. The highest BCUT2D eigenvalue weighted by atomic mass is 127. The van der Waals surface area contributed by atoms with Gasteiger partial charge in [0.2, 0.25) is 0 Å². The van der Waals surface area contributed by atoms with Gasteiger partial charge in [0.1, 0.15) is 0 Å². The highest BCUT2D eigenvalue weighted by Gasteiger charge is 2.28. The van der Waals surface area contributed by atoms with E-state index in [1.807, 2.05) is 18.2 Å². The summed E-state index contributed by atoms with van der Waals surface area (Å²) in [5, 5.41) is 7.57. The van der Waals surface area contributed by atoms with Crippen molar-refractivity contribution in [2.75, 3.05) is 27.2 Å². The molecule has 130 valence electrons. The maximum absolute atomic E-state index is 6.17. The van der Waals surface area contributed by atoms with Gasteiger partial charge < -0.3 is 10.6 Å². The molecule has 0 spiro atoms. The van der Waals surface area contributed by atoms with Gasteiger partial charge in [-0.2, -0.15) is 0 Å². The molecule has 0 amide bonds. The zero-order valence-electron chi connectivity index (χ0n) is 14.2. The van der Waals surface area contributed by atoms with Crippen LogP contribution in [-0.4, -0.2) is 50.1 Å². The van der Waals surface area contributed by atoms with Gasteiger partial charge in [0.05, 0.1) is 0 Å². The molecule has 1 aliphatic rings. The third kappa shape index (κ3) is 6.85. The average molecular weight is 451 g/mol. The van der Waals surface area contributed by atoms with E-state index in [0.29, 0.717) is 6.04 Å². The predicted octanol–water partition coefficient (Wildman–Crippen LogP) is 3.15. The summed E-state index contributed by atoms with van der Waals surface area (Å²) in [7, 11) is 4.01. The Labute approximate surface area is 162 Å². The summed E-state index contributed by atoms with van der Waals surface area (Å²) in [5.41, 5.74) is 1.16. The van der Waals surface area contributed by atoms with Gasteiger partial charge in [-0.25, -0.2) is 0 Å². The third-order valence-electron chi connectivity index (χ3n) is 4.25. The van der Waals surface area contributed by atoms with Gasteiger partial charge in [0.15, 0.2) is 5.96 Å². The number of benzene rings is 1. The number of hydrogen-bond donors (Lipinski definition) is 2. The zero-order chi connectivity index (χ0) is 15.9. The summed E-state index contributed by atoms with van der Waals surface area (Å²) in [5.74, 6) is 0.850. The van der Waals surface area contributed by atoms with Crippen LogP contribution in [0, 0.1) is 0 Å². The van der Waals surface area contributed by atoms with E-state index in [2.05, 4.69) is 40.6 Å².